The quantitative estimate of drug-likeness (QED) is 0.822. The first-order chi connectivity index (χ1) is 15.2. The lowest BCUT2D eigenvalue weighted by atomic mass is 10.0. The summed E-state index contributed by atoms with van der Waals surface area (Å²) in [6.07, 6.45) is 7.20. The summed E-state index contributed by atoms with van der Waals surface area (Å²) in [6.45, 7) is 7.95. The van der Waals surface area contributed by atoms with Crippen molar-refractivity contribution >= 4 is 29.7 Å². The molecular formula is C23H26N5O3-. The third-order valence-electron chi connectivity index (χ3n) is 5.91. The van der Waals surface area contributed by atoms with Crippen LogP contribution in [0.5, 0.6) is 0 Å². The summed E-state index contributed by atoms with van der Waals surface area (Å²) in [6, 6.07) is 6.15. The lowest BCUT2D eigenvalue weighted by Gasteiger charge is -2.32. The maximum atomic E-state index is 12.9. The molecule has 0 radical (unpaired) electrons. The Morgan fingerprint density at radius 1 is 1.42 bits per heavy atom. The van der Waals surface area contributed by atoms with Gasteiger partial charge in [0, 0.05) is 43.6 Å². The number of amides is 1. The van der Waals surface area contributed by atoms with E-state index in [0.717, 1.165) is 28.2 Å². The molecule has 1 saturated heterocycles. The minimum absolute atomic E-state index is 0.0290. The highest BCUT2D eigenvalue weighted by Gasteiger charge is 2.40. The van der Waals surface area contributed by atoms with Crippen molar-refractivity contribution in [2.24, 2.45) is 0 Å². The van der Waals surface area contributed by atoms with Crippen molar-refractivity contribution in [2.75, 3.05) is 31.6 Å². The predicted molar refractivity (Wildman–Crippen MR) is 120 cm³/mol. The fourth-order valence-electron chi connectivity index (χ4n) is 4.40. The van der Waals surface area contributed by atoms with E-state index >= 15 is 0 Å². The maximum absolute atomic E-state index is 12.9. The lowest BCUT2D eigenvalue weighted by Crippen LogP contribution is -2.41. The van der Waals surface area contributed by atoms with E-state index in [4.69, 9.17) is 14.8 Å². The summed E-state index contributed by atoms with van der Waals surface area (Å²) in [4.78, 5) is 14.8. The van der Waals surface area contributed by atoms with E-state index in [9.17, 15) is 4.79 Å². The zero-order chi connectivity index (χ0) is 21.4. The van der Waals surface area contributed by atoms with Gasteiger partial charge in [0.15, 0.2) is 0 Å². The monoisotopic (exact) mass is 420 g/mol. The van der Waals surface area contributed by atoms with Crippen LogP contribution >= 0.6 is 0 Å². The van der Waals surface area contributed by atoms with E-state index in [1.165, 1.54) is 0 Å². The average Bonchev–Trinajstić information content (AvgIpc) is 3.33. The number of ether oxygens (including phenoxy) is 2. The molecule has 3 aliphatic rings. The van der Waals surface area contributed by atoms with Gasteiger partial charge >= 0.3 is 0 Å². The normalized spacial score (nSPS) is 24.7. The Hall–Kier alpha value is -3.10. The van der Waals surface area contributed by atoms with Crippen molar-refractivity contribution in [3.05, 3.63) is 47.9 Å². The van der Waals surface area contributed by atoms with Gasteiger partial charge in [0.1, 0.15) is 6.10 Å². The minimum atomic E-state index is -0.422. The first kappa shape index (κ1) is 19.8. The molecule has 3 atom stereocenters. The van der Waals surface area contributed by atoms with E-state index in [1.54, 1.807) is 4.68 Å². The Bertz CT molecular complexity index is 1030. The zero-order valence-electron chi connectivity index (χ0n) is 17.5. The molecule has 3 aliphatic heterocycles. The molecule has 8 heteroatoms. The van der Waals surface area contributed by atoms with Crippen molar-refractivity contribution in [2.45, 2.75) is 31.7 Å². The van der Waals surface area contributed by atoms with E-state index in [2.05, 4.69) is 29.1 Å². The van der Waals surface area contributed by atoms with Crippen LogP contribution in [0.15, 0.2) is 37.1 Å². The Balaban J connectivity index is 1.50. The van der Waals surface area contributed by atoms with Gasteiger partial charge in [0.05, 0.1) is 18.9 Å². The first-order valence-corrected chi connectivity index (χ1v) is 10.7. The molecule has 1 fully saturated rings. The molecular weight excluding hydrogens is 394 g/mol. The van der Waals surface area contributed by atoms with Gasteiger partial charge in [-0.2, -0.15) is 0 Å². The molecule has 2 aromatic rings. The van der Waals surface area contributed by atoms with Gasteiger partial charge in [-0.3, -0.25) is 9.89 Å². The molecule has 1 N–H and O–H groups in total. The van der Waals surface area contributed by atoms with Crippen LogP contribution in [0, 0.1) is 0 Å². The molecule has 162 valence electrons. The highest BCUT2D eigenvalue weighted by molar-refractivity contribution is 5.84. The number of rotatable bonds is 3. The smallest absolute Gasteiger partial charge is 0.252 e. The van der Waals surface area contributed by atoms with Crippen molar-refractivity contribution in [1.82, 2.24) is 14.7 Å². The van der Waals surface area contributed by atoms with Gasteiger partial charge in [0.2, 0.25) is 0 Å². The molecule has 1 amide bonds. The lowest BCUT2D eigenvalue weighted by molar-refractivity contribution is -0.138. The van der Waals surface area contributed by atoms with E-state index in [0.29, 0.717) is 32.7 Å². The van der Waals surface area contributed by atoms with Crippen LogP contribution in [0.2, 0.25) is 0 Å². The second-order valence-corrected chi connectivity index (χ2v) is 7.86. The van der Waals surface area contributed by atoms with Crippen LogP contribution in [-0.4, -0.2) is 65.3 Å². The van der Waals surface area contributed by atoms with Crippen molar-refractivity contribution in [3.63, 3.8) is 0 Å². The molecule has 31 heavy (non-hydrogen) atoms. The number of hydrogen-bond acceptors (Lipinski definition) is 5. The summed E-state index contributed by atoms with van der Waals surface area (Å²) in [5, 5.41) is 12.7. The number of fused-ring (bicyclic) bond motifs is 5. The van der Waals surface area contributed by atoms with Gasteiger partial charge in [-0.15, -0.1) is 0 Å². The topological polar surface area (TPSA) is 82.7 Å². The number of carbonyl (C=O) groups excluding carboxylic acids is 1. The van der Waals surface area contributed by atoms with Gasteiger partial charge in [-0.25, -0.2) is 0 Å². The van der Waals surface area contributed by atoms with Crippen molar-refractivity contribution in [3.8, 4) is 11.1 Å². The number of aromatic nitrogens is 2. The van der Waals surface area contributed by atoms with Crippen LogP contribution < -0.4 is 5.32 Å². The van der Waals surface area contributed by atoms with Crippen LogP contribution in [0.3, 0.4) is 0 Å². The Morgan fingerprint density at radius 3 is 3.16 bits per heavy atom. The SMILES string of the molecule is C=Cc1cc2cc(c1)-c1cnn3c1[N-]C(C=C3)OC[C@@H]1C[C@@H](OCC)C(=O)N1CCN2. The summed E-state index contributed by atoms with van der Waals surface area (Å²) < 4.78 is 13.5. The van der Waals surface area contributed by atoms with Crippen LogP contribution in [0.4, 0.5) is 11.5 Å². The minimum Gasteiger partial charge on any atom is -0.433 e. The molecule has 1 aromatic carbocycles. The van der Waals surface area contributed by atoms with E-state index in [1.807, 2.05) is 42.4 Å². The van der Waals surface area contributed by atoms with E-state index in [-0.39, 0.29) is 11.9 Å². The largest absolute Gasteiger partial charge is 0.433 e. The number of anilines is 1. The fraction of sp³-hybridized carbons (Fsp3) is 0.391. The van der Waals surface area contributed by atoms with Crippen LogP contribution in [0.25, 0.3) is 28.7 Å². The molecule has 1 aromatic heterocycles. The van der Waals surface area contributed by atoms with Crippen LogP contribution in [-0.2, 0) is 14.3 Å². The third-order valence-corrected chi connectivity index (χ3v) is 5.91. The maximum Gasteiger partial charge on any atom is 0.252 e. The first-order valence-electron chi connectivity index (χ1n) is 10.7. The van der Waals surface area contributed by atoms with Crippen molar-refractivity contribution < 1.29 is 14.3 Å². The summed E-state index contributed by atoms with van der Waals surface area (Å²) in [5.41, 5.74) is 3.91. The number of benzene rings is 1. The number of nitrogens with zero attached hydrogens (tertiary/aromatic N) is 4. The fourth-order valence-corrected chi connectivity index (χ4v) is 4.40. The third kappa shape index (κ3) is 3.73. The summed E-state index contributed by atoms with van der Waals surface area (Å²) in [5.74, 6) is 0.782. The number of nitrogens with one attached hydrogen (secondary N) is 1. The molecule has 4 bridgehead atoms. The molecule has 5 rings (SSSR count). The van der Waals surface area contributed by atoms with Gasteiger partial charge in [-0.1, -0.05) is 24.9 Å². The molecule has 0 saturated carbocycles. The molecule has 8 nitrogen and oxygen atoms in total. The Kier molecular flexibility index (Phi) is 5.25. The van der Waals surface area contributed by atoms with E-state index < -0.39 is 12.3 Å². The second-order valence-electron chi connectivity index (χ2n) is 7.86. The van der Waals surface area contributed by atoms with Gasteiger partial charge < -0.3 is 29.7 Å². The standard InChI is InChI=1S/C23H26N5O3/c1-3-15-9-16-11-17(10-15)24-6-8-27-18(12-20(23(27)29)30-4-2)14-31-21-5-7-28-22(26-21)19(16)13-25-28/h3,5,7,9-11,13,18,20-21,24H,1,4,6,8,12,14H2,2H3/q-1/t18-,20+,21?/m0/s1. The zero-order valence-corrected chi connectivity index (χ0v) is 17.5. The summed E-state index contributed by atoms with van der Waals surface area (Å²) >= 11 is 0. The highest BCUT2D eigenvalue weighted by Crippen LogP contribution is 2.39. The molecule has 0 spiro atoms. The highest BCUT2D eigenvalue weighted by atomic mass is 16.5. The predicted octanol–water partition coefficient (Wildman–Crippen LogP) is 3.46. The van der Waals surface area contributed by atoms with Crippen LogP contribution in [0.1, 0.15) is 18.9 Å². The molecule has 4 heterocycles. The number of carbonyl (C=O) groups is 1. The number of hydrogen-bond donors (Lipinski definition) is 1. The molecule has 0 aliphatic carbocycles. The molecule has 1 unspecified atom stereocenters. The van der Waals surface area contributed by atoms with Gasteiger partial charge in [0.25, 0.3) is 5.91 Å². The summed E-state index contributed by atoms with van der Waals surface area (Å²) in [7, 11) is 0. The van der Waals surface area contributed by atoms with Gasteiger partial charge in [-0.05, 0) is 42.1 Å². The second kappa shape index (κ2) is 8.20. The van der Waals surface area contributed by atoms with Crippen molar-refractivity contribution in [1.29, 1.82) is 0 Å². The Morgan fingerprint density at radius 2 is 2.32 bits per heavy atom. The average molecular weight is 420 g/mol. The Labute approximate surface area is 181 Å².